The molecule has 0 saturated heterocycles. The van der Waals surface area contributed by atoms with E-state index < -0.39 is 18.9 Å². The fourth-order valence-electron chi connectivity index (χ4n) is 1.89. The van der Waals surface area contributed by atoms with Crippen LogP contribution < -0.4 is 0 Å². The van der Waals surface area contributed by atoms with E-state index in [2.05, 4.69) is 4.74 Å². The molecule has 0 aliphatic heterocycles. The van der Waals surface area contributed by atoms with Crippen molar-refractivity contribution in [2.75, 3.05) is 112 Å². The van der Waals surface area contributed by atoms with Crippen molar-refractivity contribution >= 4 is 0 Å². The lowest BCUT2D eigenvalue weighted by molar-refractivity contribution is -0.218. The molecule has 0 aromatic carbocycles. The average Bonchev–Trinajstić information content (AvgIpc) is 2.76. The number of aliphatic hydroxyl groups is 2. The van der Waals surface area contributed by atoms with Crippen molar-refractivity contribution in [3.8, 4) is 0 Å². The molecule has 10 nitrogen and oxygen atoms in total. The van der Waals surface area contributed by atoms with Crippen LogP contribution in [0.2, 0.25) is 0 Å². The van der Waals surface area contributed by atoms with Gasteiger partial charge in [-0.1, -0.05) is 0 Å². The van der Waals surface area contributed by atoms with Crippen molar-refractivity contribution in [3.05, 3.63) is 0 Å². The van der Waals surface area contributed by atoms with Crippen LogP contribution in [0, 0.1) is 0 Å². The molecular weight excluding hydrogens is 445 g/mol. The van der Waals surface area contributed by atoms with Gasteiger partial charge in [0.2, 0.25) is 0 Å². The monoisotopic (exact) mass is 482 g/mol. The molecule has 0 aliphatic rings. The molecule has 0 rings (SSSR count). The largest absolute Gasteiger partial charge is 0.416 e. The zero-order valence-electron chi connectivity index (χ0n) is 18.4. The van der Waals surface area contributed by atoms with Crippen molar-refractivity contribution in [2.45, 2.75) is 12.3 Å². The smallest absolute Gasteiger partial charge is 0.394 e. The van der Waals surface area contributed by atoms with Gasteiger partial charge in [0.25, 0.3) is 0 Å². The van der Waals surface area contributed by atoms with Gasteiger partial charge in [0, 0.05) is 0 Å². The first-order valence-corrected chi connectivity index (χ1v) is 10.5. The van der Waals surface area contributed by atoms with Gasteiger partial charge in [-0.3, -0.25) is 0 Å². The Labute approximate surface area is 186 Å². The fourth-order valence-corrected chi connectivity index (χ4v) is 1.89. The van der Waals surface area contributed by atoms with Crippen molar-refractivity contribution in [2.24, 2.45) is 0 Å². The van der Waals surface area contributed by atoms with Gasteiger partial charge in [0.1, 0.15) is 0 Å². The lowest BCUT2D eigenvalue weighted by Gasteiger charge is -2.14. The SMILES string of the molecule is OCCOCCOCCOCCOCCOCCOCCOCCOCC(O)C(F)(F)F. The van der Waals surface area contributed by atoms with Crippen LogP contribution in [0.5, 0.6) is 0 Å². The lowest BCUT2D eigenvalue weighted by Crippen LogP contribution is -2.33. The number of rotatable bonds is 25. The summed E-state index contributed by atoms with van der Waals surface area (Å²) < 4.78 is 77.4. The highest BCUT2D eigenvalue weighted by atomic mass is 19.4. The standard InChI is InChI=1S/C19H37F3O10/c20-19(21,22)18(24)17-32-16-15-31-14-13-30-12-11-29-10-9-28-8-7-27-6-5-26-4-3-25-2-1-23/h18,23-24H,1-17H2. The molecule has 13 heteroatoms. The number of halogens is 3. The number of alkyl halides is 3. The van der Waals surface area contributed by atoms with E-state index >= 15 is 0 Å². The fraction of sp³-hybridized carbons (Fsp3) is 1.00. The average molecular weight is 482 g/mol. The highest BCUT2D eigenvalue weighted by molar-refractivity contribution is 4.63. The molecule has 1 unspecified atom stereocenters. The Kier molecular flexibility index (Phi) is 23.1. The van der Waals surface area contributed by atoms with Gasteiger partial charge in [-0.2, -0.15) is 13.2 Å². The van der Waals surface area contributed by atoms with E-state index in [9.17, 15) is 13.2 Å². The van der Waals surface area contributed by atoms with E-state index in [4.69, 9.17) is 43.4 Å². The van der Waals surface area contributed by atoms with Crippen LogP contribution in [-0.2, 0) is 37.9 Å². The maximum Gasteiger partial charge on any atom is 0.416 e. The van der Waals surface area contributed by atoms with Gasteiger partial charge < -0.3 is 48.1 Å². The molecule has 0 bridgehead atoms. The maximum atomic E-state index is 12.0. The Morgan fingerprint density at radius 2 is 0.719 bits per heavy atom. The summed E-state index contributed by atoms with van der Waals surface area (Å²) in [7, 11) is 0. The summed E-state index contributed by atoms with van der Waals surface area (Å²) >= 11 is 0. The number of hydrogen-bond acceptors (Lipinski definition) is 10. The summed E-state index contributed by atoms with van der Waals surface area (Å²) in [5.41, 5.74) is 0. The van der Waals surface area contributed by atoms with Crippen LogP contribution >= 0.6 is 0 Å². The predicted molar refractivity (Wildman–Crippen MR) is 106 cm³/mol. The van der Waals surface area contributed by atoms with Crippen molar-refractivity contribution < 1.29 is 61.3 Å². The normalized spacial score (nSPS) is 13.0. The summed E-state index contributed by atoms with van der Waals surface area (Å²) in [5.74, 6) is 0. The zero-order valence-corrected chi connectivity index (χ0v) is 18.4. The Hall–Kier alpha value is -0.610. The van der Waals surface area contributed by atoms with E-state index in [1.54, 1.807) is 0 Å². The van der Waals surface area contributed by atoms with Crippen LogP contribution in [0.15, 0.2) is 0 Å². The minimum Gasteiger partial charge on any atom is -0.394 e. The molecule has 0 aliphatic carbocycles. The van der Waals surface area contributed by atoms with Gasteiger partial charge in [0.05, 0.1) is 112 Å². The molecule has 0 saturated carbocycles. The first-order valence-electron chi connectivity index (χ1n) is 10.5. The summed E-state index contributed by atoms with van der Waals surface area (Å²) in [6, 6.07) is 0. The highest BCUT2D eigenvalue weighted by Crippen LogP contribution is 2.19. The second-order valence-corrected chi connectivity index (χ2v) is 6.14. The highest BCUT2D eigenvalue weighted by Gasteiger charge is 2.38. The van der Waals surface area contributed by atoms with Crippen LogP contribution in [-0.4, -0.2) is 135 Å². The van der Waals surface area contributed by atoms with Gasteiger partial charge in [0.15, 0.2) is 6.10 Å². The van der Waals surface area contributed by atoms with Crippen LogP contribution in [0.25, 0.3) is 0 Å². The van der Waals surface area contributed by atoms with E-state index in [0.717, 1.165) is 0 Å². The summed E-state index contributed by atoms with van der Waals surface area (Å²) in [5, 5.41) is 17.2. The Balaban J connectivity index is 3.08. The van der Waals surface area contributed by atoms with Crippen molar-refractivity contribution in [1.82, 2.24) is 0 Å². The minimum atomic E-state index is -4.68. The quantitative estimate of drug-likeness (QED) is 0.173. The van der Waals surface area contributed by atoms with E-state index in [1.165, 1.54) is 0 Å². The first kappa shape index (κ1) is 31.4. The van der Waals surface area contributed by atoms with Crippen molar-refractivity contribution in [1.29, 1.82) is 0 Å². The molecule has 0 aromatic rings. The third kappa shape index (κ3) is 24.0. The Morgan fingerprint density at radius 3 is 0.969 bits per heavy atom. The molecule has 0 fully saturated rings. The van der Waals surface area contributed by atoms with Gasteiger partial charge in [-0.05, 0) is 0 Å². The molecule has 1 atom stereocenters. The van der Waals surface area contributed by atoms with E-state index in [-0.39, 0.29) is 26.4 Å². The van der Waals surface area contributed by atoms with Gasteiger partial charge in [-0.15, -0.1) is 0 Å². The van der Waals surface area contributed by atoms with Gasteiger partial charge in [-0.25, -0.2) is 0 Å². The maximum absolute atomic E-state index is 12.0. The predicted octanol–water partition coefficient (Wildman–Crippen LogP) is 0.0347. The third-order valence-corrected chi connectivity index (χ3v) is 3.49. The summed E-state index contributed by atoms with van der Waals surface area (Å²) in [6.07, 6.45) is -7.16. The molecule has 0 aromatic heterocycles. The minimum absolute atomic E-state index is 0.00512. The number of hydrogen-bond donors (Lipinski definition) is 2. The zero-order chi connectivity index (χ0) is 23.8. The van der Waals surface area contributed by atoms with Crippen LogP contribution in [0.3, 0.4) is 0 Å². The molecule has 32 heavy (non-hydrogen) atoms. The van der Waals surface area contributed by atoms with E-state index in [0.29, 0.717) is 79.3 Å². The van der Waals surface area contributed by atoms with Crippen molar-refractivity contribution in [3.63, 3.8) is 0 Å². The number of ether oxygens (including phenoxy) is 8. The molecular formula is C19H37F3O10. The Morgan fingerprint density at radius 1 is 0.469 bits per heavy atom. The number of aliphatic hydroxyl groups excluding tert-OH is 2. The second kappa shape index (κ2) is 23.5. The molecule has 2 N–H and O–H groups in total. The molecule has 0 amide bonds. The summed E-state index contributed by atoms with van der Waals surface area (Å²) in [4.78, 5) is 0. The lowest BCUT2D eigenvalue weighted by atomic mass is 10.4. The summed E-state index contributed by atoms with van der Waals surface area (Å²) in [6.45, 7) is 4.58. The molecule has 0 spiro atoms. The molecule has 194 valence electrons. The Bertz CT molecular complexity index is 378. The topological polar surface area (TPSA) is 114 Å². The molecule has 0 heterocycles. The van der Waals surface area contributed by atoms with E-state index in [1.807, 2.05) is 0 Å². The second-order valence-electron chi connectivity index (χ2n) is 6.14. The molecule has 0 radical (unpaired) electrons. The van der Waals surface area contributed by atoms with Crippen LogP contribution in [0.4, 0.5) is 13.2 Å². The first-order chi connectivity index (χ1) is 15.5. The van der Waals surface area contributed by atoms with Crippen LogP contribution in [0.1, 0.15) is 0 Å². The third-order valence-electron chi connectivity index (χ3n) is 3.49. The van der Waals surface area contributed by atoms with Gasteiger partial charge >= 0.3 is 6.18 Å².